The van der Waals surface area contributed by atoms with Crippen LogP contribution in [0.3, 0.4) is 0 Å². The SMILES string of the molecule is Cc1cc(N2CC[C@](C)(c3ccccc3)C2)cn2nc(S(=O)(=O)NCC(C)(C)O)nc12. The lowest BCUT2D eigenvalue weighted by Crippen LogP contribution is -2.38. The molecule has 0 unspecified atom stereocenters. The molecule has 0 radical (unpaired) electrons. The third-order valence-corrected chi connectivity index (χ3v) is 7.01. The molecule has 3 aromatic rings. The molecule has 0 aliphatic carbocycles. The normalized spacial score (nSPS) is 20.0. The fraction of sp³-hybridized carbons (Fsp3) is 0.455. The van der Waals surface area contributed by atoms with Crippen LogP contribution in [0.15, 0.2) is 47.8 Å². The molecule has 1 atom stereocenters. The lowest BCUT2D eigenvalue weighted by molar-refractivity contribution is 0.0857. The average molecular weight is 444 g/mol. The highest BCUT2D eigenvalue weighted by atomic mass is 32.2. The zero-order valence-electron chi connectivity index (χ0n) is 18.3. The molecule has 1 fully saturated rings. The molecule has 4 rings (SSSR count). The van der Waals surface area contributed by atoms with Gasteiger partial charge in [0.15, 0.2) is 5.65 Å². The molecule has 1 aromatic carbocycles. The van der Waals surface area contributed by atoms with Gasteiger partial charge in [0.25, 0.3) is 15.2 Å². The Labute approximate surface area is 183 Å². The van der Waals surface area contributed by atoms with Gasteiger partial charge in [0, 0.05) is 25.0 Å². The van der Waals surface area contributed by atoms with E-state index in [1.165, 1.54) is 23.9 Å². The van der Waals surface area contributed by atoms with E-state index in [9.17, 15) is 13.5 Å². The van der Waals surface area contributed by atoms with Gasteiger partial charge in [-0.1, -0.05) is 37.3 Å². The number of aliphatic hydroxyl groups is 1. The first-order chi connectivity index (χ1) is 14.5. The minimum absolute atomic E-state index is 0.0575. The maximum absolute atomic E-state index is 12.6. The van der Waals surface area contributed by atoms with Gasteiger partial charge in [0.1, 0.15) is 0 Å². The molecule has 1 aliphatic rings. The van der Waals surface area contributed by atoms with Crippen LogP contribution in [-0.4, -0.2) is 53.4 Å². The van der Waals surface area contributed by atoms with E-state index in [4.69, 9.17) is 0 Å². The van der Waals surface area contributed by atoms with E-state index in [0.717, 1.165) is 30.8 Å². The number of fused-ring (bicyclic) bond motifs is 1. The van der Waals surface area contributed by atoms with Gasteiger partial charge in [-0.2, -0.15) is 4.98 Å². The second-order valence-electron chi connectivity index (χ2n) is 9.28. The predicted octanol–water partition coefficient (Wildman–Crippen LogP) is 2.25. The molecule has 0 spiro atoms. The van der Waals surface area contributed by atoms with Gasteiger partial charge in [-0.3, -0.25) is 0 Å². The fourth-order valence-electron chi connectivity index (χ4n) is 3.99. The maximum Gasteiger partial charge on any atom is 0.283 e. The van der Waals surface area contributed by atoms with Crippen LogP contribution >= 0.6 is 0 Å². The van der Waals surface area contributed by atoms with Gasteiger partial charge < -0.3 is 10.0 Å². The number of benzene rings is 1. The van der Waals surface area contributed by atoms with Crippen molar-refractivity contribution in [2.24, 2.45) is 0 Å². The third kappa shape index (κ3) is 4.44. The summed E-state index contributed by atoms with van der Waals surface area (Å²) < 4.78 is 29.0. The Hall–Kier alpha value is -2.49. The van der Waals surface area contributed by atoms with E-state index in [-0.39, 0.29) is 17.1 Å². The minimum Gasteiger partial charge on any atom is -0.389 e. The topological polar surface area (TPSA) is 99.8 Å². The highest BCUT2D eigenvalue weighted by Crippen LogP contribution is 2.36. The van der Waals surface area contributed by atoms with Crippen molar-refractivity contribution in [1.82, 2.24) is 19.3 Å². The Balaban J connectivity index is 1.61. The highest BCUT2D eigenvalue weighted by Gasteiger charge is 2.35. The van der Waals surface area contributed by atoms with Crippen molar-refractivity contribution in [3.63, 3.8) is 0 Å². The van der Waals surface area contributed by atoms with E-state index in [2.05, 4.69) is 50.9 Å². The summed E-state index contributed by atoms with van der Waals surface area (Å²) in [4.78, 5) is 6.54. The van der Waals surface area contributed by atoms with Crippen LogP contribution in [0.4, 0.5) is 5.69 Å². The number of sulfonamides is 1. The van der Waals surface area contributed by atoms with Crippen molar-refractivity contribution in [2.45, 2.75) is 50.3 Å². The first-order valence-corrected chi connectivity index (χ1v) is 11.8. The smallest absolute Gasteiger partial charge is 0.283 e. The number of anilines is 1. The van der Waals surface area contributed by atoms with Crippen molar-refractivity contribution in [3.05, 3.63) is 53.7 Å². The number of nitrogens with one attached hydrogen (secondary N) is 1. The number of nitrogens with zero attached hydrogens (tertiary/aromatic N) is 4. The van der Waals surface area contributed by atoms with Gasteiger partial charge in [-0.05, 0) is 44.4 Å². The Bertz CT molecular complexity index is 1200. The van der Waals surface area contributed by atoms with Crippen LogP contribution in [0.5, 0.6) is 0 Å². The van der Waals surface area contributed by atoms with E-state index in [1.807, 2.05) is 25.3 Å². The van der Waals surface area contributed by atoms with Gasteiger partial charge >= 0.3 is 0 Å². The number of pyridine rings is 1. The van der Waals surface area contributed by atoms with Gasteiger partial charge in [-0.15, -0.1) is 5.10 Å². The van der Waals surface area contributed by atoms with Crippen molar-refractivity contribution >= 4 is 21.4 Å². The first-order valence-electron chi connectivity index (χ1n) is 10.4. The van der Waals surface area contributed by atoms with Crippen molar-refractivity contribution < 1.29 is 13.5 Å². The van der Waals surface area contributed by atoms with E-state index < -0.39 is 15.6 Å². The fourth-order valence-corrected chi connectivity index (χ4v) is 5.07. The van der Waals surface area contributed by atoms with Crippen LogP contribution in [0.25, 0.3) is 5.65 Å². The van der Waals surface area contributed by atoms with Crippen molar-refractivity contribution in [1.29, 1.82) is 0 Å². The zero-order chi connectivity index (χ0) is 22.4. The molecule has 166 valence electrons. The van der Waals surface area contributed by atoms with Crippen LogP contribution in [0.1, 0.15) is 38.3 Å². The van der Waals surface area contributed by atoms with E-state index in [0.29, 0.717) is 5.65 Å². The summed E-state index contributed by atoms with van der Waals surface area (Å²) in [5.41, 5.74) is 2.54. The molecular formula is C22H29N5O3S. The number of hydrogen-bond donors (Lipinski definition) is 2. The Morgan fingerprint density at radius 3 is 2.65 bits per heavy atom. The number of aryl methyl sites for hydroxylation is 1. The highest BCUT2D eigenvalue weighted by molar-refractivity contribution is 7.89. The molecule has 0 saturated carbocycles. The molecule has 0 bridgehead atoms. The average Bonchev–Trinajstić information content (AvgIpc) is 3.32. The van der Waals surface area contributed by atoms with Crippen LogP contribution < -0.4 is 9.62 Å². The molecular weight excluding hydrogens is 414 g/mol. The molecule has 1 aliphatic heterocycles. The lowest BCUT2D eigenvalue weighted by atomic mass is 9.82. The Morgan fingerprint density at radius 2 is 1.97 bits per heavy atom. The molecule has 3 heterocycles. The summed E-state index contributed by atoms with van der Waals surface area (Å²) in [6, 6.07) is 12.6. The largest absolute Gasteiger partial charge is 0.389 e. The van der Waals surface area contributed by atoms with Gasteiger partial charge in [0.2, 0.25) is 0 Å². The van der Waals surface area contributed by atoms with Gasteiger partial charge in [-0.25, -0.2) is 17.7 Å². The number of aromatic nitrogens is 3. The molecule has 0 amide bonds. The number of rotatable bonds is 6. The Kier molecular flexibility index (Phi) is 5.31. The Morgan fingerprint density at radius 1 is 1.26 bits per heavy atom. The standard InChI is InChI=1S/C22H29N5O3S/c1-16-12-18(26-11-10-22(4,15-26)17-8-6-5-7-9-17)13-27-19(16)24-20(25-27)31(29,30)23-14-21(2,3)28/h5-9,12-13,23,28H,10-11,14-15H2,1-4H3/t22-/m0/s1. The van der Waals surface area contributed by atoms with Crippen LogP contribution in [0, 0.1) is 6.92 Å². The summed E-state index contributed by atoms with van der Waals surface area (Å²) in [5, 5.41) is 13.7. The minimum atomic E-state index is -3.93. The van der Waals surface area contributed by atoms with E-state index in [1.54, 1.807) is 0 Å². The van der Waals surface area contributed by atoms with Crippen LogP contribution in [0.2, 0.25) is 0 Å². The van der Waals surface area contributed by atoms with Crippen LogP contribution in [-0.2, 0) is 15.4 Å². The summed E-state index contributed by atoms with van der Waals surface area (Å²) in [6.07, 6.45) is 2.87. The van der Waals surface area contributed by atoms with Gasteiger partial charge in [0.05, 0.1) is 17.5 Å². The quantitative estimate of drug-likeness (QED) is 0.606. The van der Waals surface area contributed by atoms with E-state index >= 15 is 0 Å². The second kappa shape index (κ2) is 7.58. The zero-order valence-corrected chi connectivity index (χ0v) is 19.1. The second-order valence-corrected chi connectivity index (χ2v) is 10.9. The number of hydrogen-bond acceptors (Lipinski definition) is 6. The molecule has 8 nitrogen and oxygen atoms in total. The molecule has 2 aromatic heterocycles. The maximum atomic E-state index is 12.6. The first kappa shape index (κ1) is 21.7. The van der Waals surface area contributed by atoms with Crippen molar-refractivity contribution in [2.75, 3.05) is 24.5 Å². The monoisotopic (exact) mass is 443 g/mol. The summed E-state index contributed by atoms with van der Waals surface area (Å²) in [5.74, 6) is 0. The predicted molar refractivity (Wildman–Crippen MR) is 120 cm³/mol. The molecule has 31 heavy (non-hydrogen) atoms. The molecule has 9 heteroatoms. The summed E-state index contributed by atoms with van der Waals surface area (Å²) in [7, 11) is -3.93. The summed E-state index contributed by atoms with van der Waals surface area (Å²) in [6.45, 7) is 8.90. The lowest BCUT2D eigenvalue weighted by Gasteiger charge is -2.26. The molecule has 2 N–H and O–H groups in total. The third-order valence-electron chi connectivity index (χ3n) is 5.83. The van der Waals surface area contributed by atoms with Crippen molar-refractivity contribution in [3.8, 4) is 0 Å². The summed E-state index contributed by atoms with van der Waals surface area (Å²) >= 11 is 0. The molecule has 1 saturated heterocycles.